The molecule has 0 spiro atoms. The molecule has 0 radical (unpaired) electrons. The number of benzene rings is 2. The number of piperazine rings is 1. The summed E-state index contributed by atoms with van der Waals surface area (Å²) in [6.07, 6.45) is 2.23. The lowest BCUT2D eigenvalue weighted by atomic mass is 9.95. The van der Waals surface area contributed by atoms with E-state index in [1.807, 2.05) is 32.0 Å². The van der Waals surface area contributed by atoms with Crippen LogP contribution in [0, 0.1) is 13.8 Å². The Morgan fingerprint density at radius 3 is 2.44 bits per heavy atom. The van der Waals surface area contributed by atoms with Gasteiger partial charge in [-0.1, -0.05) is 29.8 Å². The van der Waals surface area contributed by atoms with Crippen molar-refractivity contribution in [2.24, 2.45) is 0 Å². The number of carbonyl (C=O) groups excluding carboxylic acids is 2. The number of hydrogen-bond acceptors (Lipinski definition) is 5. The van der Waals surface area contributed by atoms with Crippen molar-refractivity contribution in [3.63, 3.8) is 0 Å². The van der Waals surface area contributed by atoms with Crippen molar-refractivity contribution in [1.82, 2.24) is 15.1 Å². The Labute approximate surface area is 203 Å². The van der Waals surface area contributed by atoms with Gasteiger partial charge in [-0.2, -0.15) is 0 Å². The molecule has 2 heterocycles. The van der Waals surface area contributed by atoms with Gasteiger partial charge in [-0.15, -0.1) is 0 Å². The first-order valence-corrected chi connectivity index (χ1v) is 12.2. The number of anilines is 2. The number of aryl methyl sites for hydroxylation is 3. The van der Waals surface area contributed by atoms with Gasteiger partial charge < -0.3 is 20.4 Å². The van der Waals surface area contributed by atoms with Crippen LogP contribution in [0.3, 0.4) is 0 Å². The molecule has 1 atom stereocenters. The van der Waals surface area contributed by atoms with Gasteiger partial charge in [0.15, 0.2) is 0 Å². The Kier molecular flexibility index (Phi) is 7.54. The Morgan fingerprint density at radius 2 is 1.71 bits per heavy atom. The Bertz CT molecular complexity index is 1050. The first kappa shape index (κ1) is 24.2. The lowest BCUT2D eigenvalue weighted by Gasteiger charge is -2.39. The van der Waals surface area contributed by atoms with Crippen LogP contribution in [-0.2, 0) is 16.0 Å². The highest BCUT2D eigenvalue weighted by Crippen LogP contribution is 2.31. The molecule has 2 N–H and O–H groups in total. The lowest BCUT2D eigenvalue weighted by Crippen LogP contribution is -2.49. The third-order valence-electron chi connectivity index (χ3n) is 7.11. The quantitative estimate of drug-likeness (QED) is 0.668. The molecular weight excluding hydrogens is 426 g/mol. The molecule has 2 amide bonds. The van der Waals surface area contributed by atoms with Gasteiger partial charge in [0.2, 0.25) is 0 Å². The van der Waals surface area contributed by atoms with Crippen molar-refractivity contribution in [3.8, 4) is 0 Å². The maximum absolute atomic E-state index is 12.7. The van der Waals surface area contributed by atoms with E-state index in [1.54, 1.807) is 0 Å². The fraction of sp³-hybridized carbons (Fsp3) is 0.481. The van der Waals surface area contributed by atoms with Gasteiger partial charge >= 0.3 is 11.8 Å². The number of nitrogens with zero attached hydrogens (tertiary/aromatic N) is 3. The SMILES string of the molecule is Cc1ccc(NC(=O)C(=O)NC[C@@H](c2ccc3c(c2)CCCN3C)N2CCN(C)CC2)c(C)c1. The summed E-state index contributed by atoms with van der Waals surface area (Å²) >= 11 is 0. The van der Waals surface area contributed by atoms with Crippen LogP contribution in [0.1, 0.15) is 34.7 Å². The summed E-state index contributed by atoms with van der Waals surface area (Å²) in [7, 11) is 4.28. The zero-order valence-corrected chi connectivity index (χ0v) is 20.9. The summed E-state index contributed by atoms with van der Waals surface area (Å²) in [6, 6.07) is 12.5. The third kappa shape index (κ3) is 5.59. The van der Waals surface area contributed by atoms with Crippen molar-refractivity contribution in [3.05, 3.63) is 58.7 Å². The number of nitrogens with one attached hydrogen (secondary N) is 2. The van der Waals surface area contributed by atoms with Crippen LogP contribution in [0.4, 0.5) is 11.4 Å². The predicted molar refractivity (Wildman–Crippen MR) is 137 cm³/mol. The average molecular weight is 464 g/mol. The number of carbonyl (C=O) groups is 2. The molecule has 0 aromatic heterocycles. The molecule has 1 fully saturated rings. The minimum atomic E-state index is -0.629. The van der Waals surface area contributed by atoms with Gasteiger partial charge in [0.1, 0.15) is 0 Å². The molecule has 4 rings (SSSR count). The number of likely N-dealkylation sites (N-methyl/N-ethyl adjacent to an activating group) is 1. The Morgan fingerprint density at radius 1 is 0.941 bits per heavy atom. The highest BCUT2D eigenvalue weighted by molar-refractivity contribution is 6.39. The van der Waals surface area contributed by atoms with Crippen LogP contribution in [-0.4, -0.2) is 75.0 Å². The fourth-order valence-electron chi connectivity index (χ4n) is 5.01. The highest BCUT2D eigenvalue weighted by atomic mass is 16.2. The largest absolute Gasteiger partial charge is 0.374 e. The summed E-state index contributed by atoms with van der Waals surface area (Å²) in [6.45, 7) is 9.26. The molecule has 2 aromatic carbocycles. The van der Waals surface area contributed by atoms with Crippen LogP contribution in [0.5, 0.6) is 0 Å². The second-order valence-corrected chi connectivity index (χ2v) is 9.75. The third-order valence-corrected chi connectivity index (χ3v) is 7.11. The summed E-state index contributed by atoms with van der Waals surface area (Å²) < 4.78 is 0. The van der Waals surface area contributed by atoms with E-state index in [0.29, 0.717) is 12.2 Å². The smallest absolute Gasteiger partial charge is 0.313 e. The van der Waals surface area contributed by atoms with E-state index < -0.39 is 11.8 Å². The van der Waals surface area contributed by atoms with E-state index in [2.05, 4.69) is 57.6 Å². The first-order chi connectivity index (χ1) is 16.3. The zero-order valence-electron chi connectivity index (χ0n) is 20.9. The van der Waals surface area contributed by atoms with Crippen LogP contribution >= 0.6 is 0 Å². The van der Waals surface area contributed by atoms with Gasteiger partial charge in [0.25, 0.3) is 0 Å². The van der Waals surface area contributed by atoms with Gasteiger partial charge in [0, 0.05) is 57.7 Å². The van der Waals surface area contributed by atoms with Crippen molar-refractivity contribution >= 4 is 23.2 Å². The van der Waals surface area contributed by atoms with E-state index in [9.17, 15) is 9.59 Å². The van der Waals surface area contributed by atoms with Crippen molar-refractivity contribution in [2.45, 2.75) is 32.7 Å². The van der Waals surface area contributed by atoms with E-state index >= 15 is 0 Å². The van der Waals surface area contributed by atoms with E-state index in [0.717, 1.165) is 56.7 Å². The number of fused-ring (bicyclic) bond motifs is 1. The minimum Gasteiger partial charge on any atom is -0.374 e. The summed E-state index contributed by atoms with van der Waals surface area (Å²) in [5.74, 6) is -1.23. The Hall–Kier alpha value is -2.90. The zero-order chi connectivity index (χ0) is 24.2. The normalized spacial score (nSPS) is 17.7. The fourth-order valence-corrected chi connectivity index (χ4v) is 5.01. The molecule has 34 heavy (non-hydrogen) atoms. The average Bonchev–Trinajstić information content (AvgIpc) is 2.82. The first-order valence-electron chi connectivity index (χ1n) is 12.2. The van der Waals surface area contributed by atoms with Crippen molar-refractivity contribution in [1.29, 1.82) is 0 Å². The second-order valence-electron chi connectivity index (χ2n) is 9.75. The van der Waals surface area contributed by atoms with Crippen LogP contribution in [0.2, 0.25) is 0 Å². The topological polar surface area (TPSA) is 67.9 Å². The van der Waals surface area contributed by atoms with E-state index in [1.165, 1.54) is 16.8 Å². The molecule has 2 aliphatic rings. The second kappa shape index (κ2) is 10.6. The molecule has 0 aliphatic carbocycles. The van der Waals surface area contributed by atoms with Crippen molar-refractivity contribution < 1.29 is 9.59 Å². The van der Waals surface area contributed by atoms with Crippen LogP contribution < -0.4 is 15.5 Å². The van der Waals surface area contributed by atoms with E-state index in [-0.39, 0.29) is 6.04 Å². The molecule has 0 unspecified atom stereocenters. The molecule has 0 saturated carbocycles. The molecule has 7 heteroatoms. The molecule has 2 aliphatic heterocycles. The monoisotopic (exact) mass is 463 g/mol. The van der Waals surface area contributed by atoms with Crippen LogP contribution in [0.15, 0.2) is 36.4 Å². The molecule has 182 valence electrons. The molecule has 2 aromatic rings. The standard InChI is InChI=1S/C27H37N5O2/c1-19-7-9-23(20(2)16-19)29-27(34)26(33)28-18-25(32-14-12-30(3)13-15-32)22-8-10-24-21(17-22)6-5-11-31(24)4/h7-10,16-17,25H,5-6,11-15,18H2,1-4H3,(H,28,33)(H,29,34)/t25-/m0/s1. The van der Waals surface area contributed by atoms with Gasteiger partial charge in [0.05, 0.1) is 6.04 Å². The number of rotatable bonds is 5. The summed E-state index contributed by atoms with van der Waals surface area (Å²) in [4.78, 5) is 32.4. The van der Waals surface area contributed by atoms with Gasteiger partial charge in [-0.25, -0.2) is 0 Å². The molecule has 7 nitrogen and oxygen atoms in total. The Balaban J connectivity index is 1.47. The highest BCUT2D eigenvalue weighted by Gasteiger charge is 2.27. The van der Waals surface area contributed by atoms with Crippen LogP contribution in [0.25, 0.3) is 0 Å². The molecular formula is C27H37N5O2. The lowest BCUT2D eigenvalue weighted by molar-refractivity contribution is -0.136. The minimum absolute atomic E-state index is 0.0316. The molecule has 0 bridgehead atoms. The number of amides is 2. The summed E-state index contributed by atoms with van der Waals surface area (Å²) in [5.41, 5.74) is 6.59. The maximum atomic E-state index is 12.7. The van der Waals surface area contributed by atoms with Gasteiger partial charge in [-0.3, -0.25) is 14.5 Å². The maximum Gasteiger partial charge on any atom is 0.313 e. The van der Waals surface area contributed by atoms with Gasteiger partial charge in [-0.05, 0) is 62.6 Å². The van der Waals surface area contributed by atoms with E-state index in [4.69, 9.17) is 0 Å². The molecule has 1 saturated heterocycles. The number of hydrogen-bond donors (Lipinski definition) is 2. The summed E-state index contributed by atoms with van der Waals surface area (Å²) in [5, 5.41) is 5.67. The predicted octanol–water partition coefficient (Wildman–Crippen LogP) is 2.73. The van der Waals surface area contributed by atoms with Crippen molar-refractivity contribution in [2.75, 3.05) is 63.6 Å².